The van der Waals surface area contributed by atoms with Crippen LogP contribution in [0.3, 0.4) is 0 Å². The van der Waals surface area contributed by atoms with Crippen LogP contribution in [0.5, 0.6) is 0 Å². The smallest absolute Gasteiger partial charge is 0.0998 e. The van der Waals surface area contributed by atoms with Crippen LogP contribution in [0.15, 0.2) is 22.7 Å². The molecule has 0 heterocycles. The normalized spacial score (nSPS) is 56.9. The third-order valence-corrected chi connectivity index (χ3v) is 9.14. The number of aliphatic hydroxyl groups excluding tert-OH is 1. The zero-order chi connectivity index (χ0) is 15.8. The van der Waals surface area contributed by atoms with Gasteiger partial charge in [0.15, 0.2) is 0 Å². The van der Waals surface area contributed by atoms with E-state index in [4.69, 9.17) is 0 Å². The van der Waals surface area contributed by atoms with Crippen molar-refractivity contribution in [3.8, 4) is 0 Å². The molecule has 2 nitrogen and oxygen atoms in total. The Morgan fingerprint density at radius 2 is 1.91 bits per heavy atom. The Bertz CT molecular complexity index is 556. The van der Waals surface area contributed by atoms with Crippen molar-refractivity contribution in [2.45, 2.75) is 64.1 Å². The molecular formula is C19H27BrO2. The highest BCUT2D eigenvalue weighted by molar-refractivity contribution is 9.11. The molecule has 0 aliphatic heterocycles. The minimum Gasteiger partial charge on any atom is -0.390 e. The highest BCUT2D eigenvalue weighted by Crippen LogP contribution is 2.67. The lowest BCUT2D eigenvalue weighted by Gasteiger charge is -2.63. The average molecular weight is 367 g/mol. The summed E-state index contributed by atoms with van der Waals surface area (Å²) >= 11 is 3.80. The molecule has 2 N–H and O–H groups in total. The molecular weight excluding hydrogens is 340 g/mol. The molecule has 122 valence electrons. The van der Waals surface area contributed by atoms with Crippen LogP contribution in [-0.4, -0.2) is 21.9 Å². The molecule has 2 saturated carbocycles. The second-order valence-corrected chi connectivity index (χ2v) is 9.45. The van der Waals surface area contributed by atoms with Crippen LogP contribution in [0.1, 0.15) is 52.4 Å². The number of fused-ring (bicyclic) bond motifs is 5. The van der Waals surface area contributed by atoms with E-state index in [1.165, 1.54) is 17.3 Å². The molecule has 4 rings (SSSR count). The molecule has 0 saturated heterocycles. The van der Waals surface area contributed by atoms with Crippen LogP contribution >= 0.6 is 15.9 Å². The van der Waals surface area contributed by atoms with E-state index in [2.05, 4.69) is 48.0 Å². The van der Waals surface area contributed by atoms with Crippen molar-refractivity contribution < 1.29 is 10.2 Å². The van der Waals surface area contributed by atoms with Crippen LogP contribution in [0, 0.1) is 28.6 Å². The highest BCUT2D eigenvalue weighted by atomic mass is 79.9. The van der Waals surface area contributed by atoms with Gasteiger partial charge in [-0.15, -0.1) is 0 Å². The first kappa shape index (κ1) is 15.4. The van der Waals surface area contributed by atoms with Crippen molar-refractivity contribution in [3.05, 3.63) is 22.7 Å². The second-order valence-electron chi connectivity index (χ2n) is 8.59. The van der Waals surface area contributed by atoms with Gasteiger partial charge in [-0.1, -0.05) is 48.0 Å². The summed E-state index contributed by atoms with van der Waals surface area (Å²) in [5.74, 6) is 1.66. The number of hydrogen-bond acceptors (Lipinski definition) is 2. The Kier molecular flexibility index (Phi) is 3.30. The van der Waals surface area contributed by atoms with E-state index in [9.17, 15) is 10.2 Å². The number of aliphatic hydroxyl groups is 2. The first-order valence-corrected chi connectivity index (χ1v) is 9.54. The molecule has 0 radical (unpaired) electrons. The lowest BCUT2D eigenvalue weighted by molar-refractivity contribution is -0.235. The minimum absolute atomic E-state index is 0.180. The van der Waals surface area contributed by atoms with Crippen molar-refractivity contribution >= 4 is 15.9 Å². The zero-order valence-electron chi connectivity index (χ0n) is 13.6. The van der Waals surface area contributed by atoms with Gasteiger partial charge in [-0.3, -0.25) is 0 Å². The van der Waals surface area contributed by atoms with Crippen LogP contribution in [-0.2, 0) is 0 Å². The SMILES string of the molecule is C[C@]12CC[C@H]3[C@@H](C[C@@H](O)[C@@]4(O)CC=CC[C@]34C)[C@@H]1CC=C2Br. The Morgan fingerprint density at radius 1 is 1.18 bits per heavy atom. The van der Waals surface area contributed by atoms with Crippen molar-refractivity contribution in [1.29, 1.82) is 0 Å². The van der Waals surface area contributed by atoms with Crippen LogP contribution in [0.2, 0.25) is 0 Å². The van der Waals surface area contributed by atoms with Gasteiger partial charge in [-0.25, -0.2) is 0 Å². The number of hydrogen-bond donors (Lipinski definition) is 2. The Hall–Kier alpha value is -0.120. The molecule has 0 amide bonds. The summed E-state index contributed by atoms with van der Waals surface area (Å²) in [4.78, 5) is 0. The molecule has 4 aliphatic rings. The highest BCUT2D eigenvalue weighted by Gasteiger charge is 2.65. The molecule has 0 aromatic heterocycles. The van der Waals surface area contributed by atoms with Gasteiger partial charge in [0, 0.05) is 10.8 Å². The molecule has 0 aromatic carbocycles. The number of halogens is 1. The standard InChI is InChI=1S/C19H27BrO2/c1-17-10-7-14-12(13(17)5-6-15(17)20)11-16(21)19(22)9-4-3-8-18(14,19)2/h3-4,6,12-14,16,21-22H,5,7-11H2,1-2H3/t12-,13-,14-,16+,17-,18+,19-/m0/s1. The van der Waals surface area contributed by atoms with Gasteiger partial charge in [0.25, 0.3) is 0 Å². The lowest BCUT2D eigenvalue weighted by atomic mass is 9.44. The first-order chi connectivity index (χ1) is 10.3. The molecule has 0 aromatic rings. The fourth-order valence-electron chi connectivity index (χ4n) is 6.37. The van der Waals surface area contributed by atoms with Crippen molar-refractivity contribution in [1.82, 2.24) is 0 Å². The maximum atomic E-state index is 11.3. The van der Waals surface area contributed by atoms with Crippen molar-refractivity contribution in [2.24, 2.45) is 28.6 Å². The predicted octanol–water partition coefficient (Wildman–Crippen LogP) is 4.17. The lowest BCUT2D eigenvalue weighted by Crippen LogP contribution is -2.66. The topological polar surface area (TPSA) is 40.5 Å². The van der Waals surface area contributed by atoms with Gasteiger partial charge < -0.3 is 10.2 Å². The molecule has 7 atom stereocenters. The fourth-order valence-corrected chi connectivity index (χ4v) is 7.04. The molecule has 22 heavy (non-hydrogen) atoms. The van der Waals surface area contributed by atoms with E-state index in [1.54, 1.807) is 0 Å². The van der Waals surface area contributed by atoms with Gasteiger partial charge >= 0.3 is 0 Å². The van der Waals surface area contributed by atoms with Gasteiger partial charge in [0.1, 0.15) is 0 Å². The van der Waals surface area contributed by atoms with Gasteiger partial charge in [-0.2, -0.15) is 0 Å². The fraction of sp³-hybridized carbons (Fsp3) is 0.789. The summed E-state index contributed by atoms with van der Waals surface area (Å²) in [5.41, 5.74) is -0.863. The molecule has 2 fully saturated rings. The molecule has 0 unspecified atom stereocenters. The molecule has 0 bridgehead atoms. The first-order valence-electron chi connectivity index (χ1n) is 8.74. The molecule has 0 spiro atoms. The zero-order valence-corrected chi connectivity index (χ0v) is 15.1. The van der Waals surface area contributed by atoms with Gasteiger partial charge in [0.05, 0.1) is 11.7 Å². The molecule has 4 aliphatic carbocycles. The maximum Gasteiger partial charge on any atom is 0.0998 e. The van der Waals surface area contributed by atoms with Crippen LogP contribution in [0.25, 0.3) is 0 Å². The van der Waals surface area contributed by atoms with Crippen LogP contribution in [0.4, 0.5) is 0 Å². The largest absolute Gasteiger partial charge is 0.390 e. The van der Waals surface area contributed by atoms with Crippen LogP contribution < -0.4 is 0 Å². The summed E-state index contributed by atoms with van der Waals surface area (Å²) in [7, 11) is 0. The number of rotatable bonds is 0. The molecule has 3 heteroatoms. The number of allylic oxidation sites excluding steroid dienone is 3. The van der Waals surface area contributed by atoms with E-state index in [0.29, 0.717) is 24.2 Å². The van der Waals surface area contributed by atoms with Crippen molar-refractivity contribution in [3.63, 3.8) is 0 Å². The summed E-state index contributed by atoms with van der Waals surface area (Å²) in [6.07, 6.45) is 11.8. The van der Waals surface area contributed by atoms with E-state index in [1.807, 2.05) is 0 Å². The minimum atomic E-state index is -0.931. The monoisotopic (exact) mass is 366 g/mol. The predicted molar refractivity (Wildman–Crippen MR) is 91.5 cm³/mol. The quantitative estimate of drug-likeness (QED) is 0.631. The van der Waals surface area contributed by atoms with E-state index >= 15 is 0 Å². The second kappa shape index (κ2) is 4.70. The Morgan fingerprint density at radius 3 is 2.68 bits per heavy atom. The summed E-state index contributed by atoms with van der Waals surface area (Å²) < 4.78 is 1.37. The van der Waals surface area contributed by atoms with E-state index in [0.717, 1.165) is 19.3 Å². The third kappa shape index (κ3) is 1.68. The third-order valence-electron chi connectivity index (χ3n) is 7.91. The Balaban J connectivity index is 1.74. The van der Waals surface area contributed by atoms with Gasteiger partial charge in [-0.05, 0) is 60.8 Å². The van der Waals surface area contributed by atoms with E-state index < -0.39 is 11.7 Å². The van der Waals surface area contributed by atoms with Gasteiger partial charge in [0.2, 0.25) is 0 Å². The summed E-state index contributed by atoms with van der Waals surface area (Å²) in [6, 6.07) is 0. The van der Waals surface area contributed by atoms with E-state index in [-0.39, 0.29) is 10.8 Å². The summed E-state index contributed by atoms with van der Waals surface area (Å²) in [6.45, 7) is 4.62. The van der Waals surface area contributed by atoms with Crippen molar-refractivity contribution in [2.75, 3.05) is 0 Å². The Labute approximate surface area is 141 Å². The average Bonchev–Trinajstić information content (AvgIpc) is 2.78. The maximum absolute atomic E-state index is 11.3. The summed E-state index contributed by atoms with van der Waals surface area (Å²) in [5, 5.41) is 22.1.